The zero-order chi connectivity index (χ0) is 13.1. The van der Waals surface area contributed by atoms with Gasteiger partial charge in [0, 0.05) is 21.8 Å². The van der Waals surface area contributed by atoms with Crippen LogP contribution in [-0.2, 0) is 0 Å². The van der Waals surface area contributed by atoms with E-state index in [9.17, 15) is 18.0 Å². The molecule has 0 amide bonds. The summed E-state index contributed by atoms with van der Waals surface area (Å²) in [6.07, 6.45) is 2.09. The second kappa shape index (κ2) is 5.82. The fourth-order valence-electron chi connectivity index (χ4n) is 1.29. The molecule has 1 rings (SSSR count). The van der Waals surface area contributed by atoms with Gasteiger partial charge in [-0.05, 0) is 36.2 Å². The molecule has 1 nitrogen and oxygen atoms in total. The lowest BCUT2D eigenvalue weighted by atomic mass is 10.1. The average Bonchev–Trinajstić information content (AvgIpc) is 2.25. The Hall–Kier alpha value is -0.620. The van der Waals surface area contributed by atoms with Crippen molar-refractivity contribution in [2.75, 3.05) is 6.26 Å². The van der Waals surface area contributed by atoms with E-state index in [1.165, 1.54) is 30.0 Å². The first kappa shape index (κ1) is 14.4. The van der Waals surface area contributed by atoms with Gasteiger partial charge in [-0.2, -0.15) is 13.2 Å². The van der Waals surface area contributed by atoms with Crippen molar-refractivity contribution < 1.29 is 18.0 Å². The molecule has 0 aliphatic heterocycles. The van der Waals surface area contributed by atoms with Crippen molar-refractivity contribution in [3.8, 4) is 0 Å². The molecule has 0 saturated carbocycles. The number of ketones is 1. The highest BCUT2D eigenvalue weighted by atomic mass is 32.2. The number of carbonyl (C=O) groups is 1. The molecule has 0 fully saturated rings. The van der Waals surface area contributed by atoms with Crippen LogP contribution in [0.4, 0.5) is 13.2 Å². The lowest BCUT2D eigenvalue weighted by molar-refractivity contribution is -0.0328. The van der Waals surface area contributed by atoms with E-state index in [4.69, 9.17) is 0 Å². The van der Waals surface area contributed by atoms with Crippen molar-refractivity contribution in [1.29, 1.82) is 0 Å². The molecule has 1 aromatic rings. The summed E-state index contributed by atoms with van der Waals surface area (Å²) >= 11 is 1.11. The van der Waals surface area contributed by atoms with Gasteiger partial charge in [-0.3, -0.25) is 4.79 Å². The summed E-state index contributed by atoms with van der Waals surface area (Å²) in [7, 11) is 0. The lowest BCUT2D eigenvalue weighted by Gasteiger charge is -2.09. The number of Topliss-reactive ketones (excluding diaryl/α,β-unsaturated/α-hetero) is 1. The zero-order valence-corrected chi connectivity index (χ0v) is 10.9. The van der Waals surface area contributed by atoms with Crippen LogP contribution in [-0.4, -0.2) is 17.5 Å². The molecular formula is C11H11F3OS2. The fourth-order valence-corrected chi connectivity index (χ4v) is 2.59. The maximum atomic E-state index is 12.2. The Bertz CT molecular complexity index is 416. The Morgan fingerprint density at radius 1 is 1.35 bits per heavy atom. The van der Waals surface area contributed by atoms with Gasteiger partial charge < -0.3 is 0 Å². The molecule has 0 atom stereocenters. The minimum Gasteiger partial charge on any atom is -0.294 e. The van der Waals surface area contributed by atoms with Crippen molar-refractivity contribution >= 4 is 29.3 Å². The van der Waals surface area contributed by atoms with E-state index in [2.05, 4.69) is 0 Å². The topological polar surface area (TPSA) is 17.1 Å². The minimum absolute atomic E-state index is 0.0575. The van der Waals surface area contributed by atoms with Crippen molar-refractivity contribution in [1.82, 2.24) is 0 Å². The van der Waals surface area contributed by atoms with Crippen LogP contribution in [0.1, 0.15) is 23.7 Å². The van der Waals surface area contributed by atoms with Crippen molar-refractivity contribution in [3.05, 3.63) is 23.8 Å². The van der Waals surface area contributed by atoms with Crippen molar-refractivity contribution in [2.45, 2.75) is 28.6 Å². The summed E-state index contributed by atoms with van der Waals surface area (Å²) in [4.78, 5) is 12.2. The highest BCUT2D eigenvalue weighted by molar-refractivity contribution is 8.00. The Balaban J connectivity index is 3.04. The average molecular weight is 280 g/mol. The number of benzene rings is 1. The predicted molar refractivity (Wildman–Crippen MR) is 64.8 cm³/mol. The maximum Gasteiger partial charge on any atom is 0.446 e. The van der Waals surface area contributed by atoms with Gasteiger partial charge in [0.2, 0.25) is 0 Å². The molecule has 0 aliphatic carbocycles. The Labute approximate surface area is 106 Å². The van der Waals surface area contributed by atoms with E-state index in [1.54, 1.807) is 13.2 Å². The van der Waals surface area contributed by atoms with E-state index < -0.39 is 5.51 Å². The molecule has 6 heteroatoms. The van der Waals surface area contributed by atoms with Gasteiger partial charge in [-0.1, -0.05) is 6.92 Å². The second-order valence-corrected chi connectivity index (χ2v) is 5.17. The molecule has 0 unspecified atom stereocenters. The van der Waals surface area contributed by atoms with E-state index in [0.717, 1.165) is 0 Å². The smallest absolute Gasteiger partial charge is 0.294 e. The van der Waals surface area contributed by atoms with Gasteiger partial charge in [0.15, 0.2) is 5.78 Å². The molecule has 0 aromatic heterocycles. The third-order valence-electron chi connectivity index (χ3n) is 2.03. The first-order valence-electron chi connectivity index (χ1n) is 4.84. The lowest BCUT2D eigenvalue weighted by Crippen LogP contribution is -2.01. The van der Waals surface area contributed by atoms with Crippen LogP contribution in [0.15, 0.2) is 28.0 Å². The summed E-state index contributed by atoms with van der Waals surface area (Å²) in [6, 6.07) is 4.21. The van der Waals surface area contributed by atoms with Crippen LogP contribution in [0, 0.1) is 0 Å². The van der Waals surface area contributed by atoms with Crippen molar-refractivity contribution in [3.63, 3.8) is 0 Å². The second-order valence-electron chi connectivity index (χ2n) is 3.19. The van der Waals surface area contributed by atoms with E-state index >= 15 is 0 Å². The quantitative estimate of drug-likeness (QED) is 0.592. The molecule has 0 heterocycles. The molecule has 1 aromatic carbocycles. The van der Waals surface area contributed by atoms with Gasteiger partial charge in [0.25, 0.3) is 0 Å². The molecule has 0 bridgehead atoms. The van der Waals surface area contributed by atoms with Crippen LogP contribution < -0.4 is 0 Å². The van der Waals surface area contributed by atoms with Gasteiger partial charge in [-0.15, -0.1) is 11.8 Å². The summed E-state index contributed by atoms with van der Waals surface area (Å²) in [6.45, 7) is 1.73. The standard InChI is InChI=1S/C11H11F3OS2/c1-3-9(15)8-5-4-7(6-10(8)16-2)17-11(12,13)14/h4-6H,3H2,1-2H3. The SMILES string of the molecule is CCC(=O)c1ccc(SC(F)(F)F)cc1SC. The Morgan fingerprint density at radius 2 is 2.00 bits per heavy atom. The highest BCUT2D eigenvalue weighted by Crippen LogP contribution is 2.38. The minimum atomic E-state index is -4.30. The molecule has 0 spiro atoms. The van der Waals surface area contributed by atoms with Gasteiger partial charge in [0.05, 0.1) is 0 Å². The first-order valence-corrected chi connectivity index (χ1v) is 6.88. The van der Waals surface area contributed by atoms with Crippen LogP contribution >= 0.6 is 23.5 Å². The Morgan fingerprint density at radius 3 is 2.47 bits per heavy atom. The van der Waals surface area contributed by atoms with Gasteiger partial charge >= 0.3 is 5.51 Å². The molecule has 94 valence electrons. The maximum absolute atomic E-state index is 12.2. The normalized spacial score (nSPS) is 11.6. The largest absolute Gasteiger partial charge is 0.446 e. The highest BCUT2D eigenvalue weighted by Gasteiger charge is 2.29. The van der Waals surface area contributed by atoms with E-state index in [0.29, 0.717) is 16.9 Å². The number of thioether (sulfide) groups is 2. The number of hydrogen-bond donors (Lipinski definition) is 0. The molecular weight excluding hydrogens is 269 g/mol. The molecule has 0 aliphatic rings. The number of carbonyl (C=O) groups excluding carboxylic acids is 1. The number of halogens is 3. The zero-order valence-electron chi connectivity index (χ0n) is 9.30. The van der Waals surface area contributed by atoms with Gasteiger partial charge in [0.1, 0.15) is 0 Å². The van der Waals surface area contributed by atoms with Crippen LogP contribution in [0.5, 0.6) is 0 Å². The van der Waals surface area contributed by atoms with Crippen LogP contribution in [0.25, 0.3) is 0 Å². The van der Waals surface area contributed by atoms with E-state index in [1.807, 2.05) is 0 Å². The third-order valence-corrected chi connectivity index (χ3v) is 3.53. The van der Waals surface area contributed by atoms with Crippen LogP contribution in [0.3, 0.4) is 0 Å². The van der Waals surface area contributed by atoms with Gasteiger partial charge in [-0.25, -0.2) is 0 Å². The molecule has 0 N–H and O–H groups in total. The number of alkyl halides is 3. The van der Waals surface area contributed by atoms with E-state index in [-0.39, 0.29) is 22.4 Å². The summed E-state index contributed by atoms with van der Waals surface area (Å²) in [5, 5.41) is 0. The number of rotatable bonds is 4. The van der Waals surface area contributed by atoms with Crippen LogP contribution in [0.2, 0.25) is 0 Å². The summed E-state index contributed by atoms with van der Waals surface area (Å²) < 4.78 is 36.6. The van der Waals surface area contributed by atoms with Crippen molar-refractivity contribution in [2.24, 2.45) is 0 Å². The fraction of sp³-hybridized carbons (Fsp3) is 0.364. The molecule has 17 heavy (non-hydrogen) atoms. The Kier molecular flexibility index (Phi) is 4.94. The summed E-state index contributed by atoms with van der Waals surface area (Å²) in [5.41, 5.74) is -3.81. The molecule has 0 radical (unpaired) electrons. The first-order chi connectivity index (χ1) is 7.87. The summed E-state index contributed by atoms with van der Waals surface area (Å²) in [5.74, 6) is -0.0575. The third kappa shape index (κ3) is 4.27. The molecule has 0 saturated heterocycles. The number of hydrogen-bond acceptors (Lipinski definition) is 3. The monoisotopic (exact) mass is 280 g/mol. The predicted octanol–water partition coefficient (Wildman–Crippen LogP) is 4.61.